The van der Waals surface area contributed by atoms with Gasteiger partial charge in [0.25, 0.3) is 0 Å². The van der Waals surface area contributed by atoms with Crippen molar-refractivity contribution in [1.29, 1.82) is 0 Å². The van der Waals surface area contributed by atoms with Crippen LogP contribution >= 0.6 is 46.7 Å². The molecule has 0 radical (unpaired) electrons. The van der Waals surface area contributed by atoms with Crippen molar-refractivity contribution in [1.82, 2.24) is 5.32 Å². The molecule has 0 aliphatic rings. The number of hydrogen-bond acceptors (Lipinski definition) is 45. The van der Waals surface area contributed by atoms with Gasteiger partial charge in [-0.1, -0.05) is 18.7 Å². The number of rotatable bonds is 66. The lowest BCUT2D eigenvalue weighted by Gasteiger charge is -2.21. The molecule has 7 unspecified atom stereocenters. The maximum Gasteiger partial charge on any atom is 0.531 e. The highest BCUT2D eigenvalue weighted by molar-refractivity contribution is 7.52. The Morgan fingerprint density at radius 1 is 0.274 bits per heavy atom. The first-order valence-corrected chi connectivity index (χ1v) is 41.1. The average molecular weight is 1940 g/mol. The minimum atomic E-state index is -5.46. The van der Waals surface area contributed by atoms with Gasteiger partial charge in [-0.25, -0.2) is 37.2 Å². The van der Waals surface area contributed by atoms with E-state index in [1.54, 1.807) is 0 Å². The Morgan fingerprint density at radius 2 is 0.532 bits per heavy atom. The van der Waals surface area contributed by atoms with E-state index in [4.69, 9.17) is 42.9 Å². The summed E-state index contributed by atoms with van der Waals surface area (Å²) in [7, 11) is -27.7. The third-order valence-electron chi connectivity index (χ3n) is 6.26. The fraction of sp³-hybridized carbons (Fsp3) is 0.343. The molecule has 0 rings (SSSR count). The zero-order chi connectivity index (χ0) is 102. The Balaban J connectivity index is -0.000000121. The van der Waals surface area contributed by atoms with Gasteiger partial charge in [0.2, 0.25) is 0 Å². The van der Waals surface area contributed by atoms with Crippen LogP contribution in [0.4, 0.5) is 0 Å². The van der Waals surface area contributed by atoms with Crippen LogP contribution in [0.5, 0.6) is 0 Å². The summed E-state index contributed by atoms with van der Waals surface area (Å²) in [6.07, 6.45) is 0.373. The molecule has 0 heterocycles. The molecule has 0 fully saturated rings. The molecule has 57 heteroatoms. The molecule has 51 nitrogen and oxygen atoms in total. The molecule has 0 saturated carbocycles. The molecule has 742 valence electrons. The lowest BCUT2D eigenvalue weighted by Crippen LogP contribution is -2.23. The van der Waals surface area contributed by atoms with Crippen molar-refractivity contribution in [3.63, 3.8) is 0 Å². The third kappa shape index (κ3) is 202. The standard InChI is InChI=1S/C27H59NO50P6.20C2H4/c1-28-26-47-5-3-27(58-81(34,35)55-24-19-51-62-64-61-50-18-23-54-80(32,33)53-22-17-49-60-63-59-48-16-21-52-79(2,30)31)25-57-83(38,39)76-72-68-66-70-74-78-84(40,41)77-73-69-65-67-71-75-82(36,37)56-20-15-46-14-13-45-12-11-44-10-9-43-8-7-42-6-4-29;20*1-2/h16,18,21,23,27-29H,3-15,17,19-20,22,24-26H2,1-2H3,(H,30,31)(H,32,33)(H,34,35)(H,36,37)(H,38,39)(H,40,41);20*1-2H2/b21-16+,23-18-;;;;;;;;;;;;;;;;;;;;. The van der Waals surface area contributed by atoms with E-state index in [9.17, 15) is 51.9 Å². The molecule has 8 N–H and O–H groups in total. The van der Waals surface area contributed by atoms with E-state index in [0.29, 0.717) is 51.5 Å². The Labute approximate surface area is 730 Å². The van der Waals surface area contributed by atoms with E-state index in [2.05, 4.69) is 414 Å². The molecule has 0 aromatic heterocycles. The second-order valence-electron chi connectivity index (χ2n) is 12.6. The predicted octanol–water partition coefficient (Wildman–Crippen LogP) is 16.1. The van der Waals surface area contributed by atoms with Crippen molar-refractivity contribution in [3.05, 3.63) is 288 Å². The van der Waals surface area contributed by atoms with Crippen molar-refractivity contribution in [3.8, 4) is 0 Å². The monoisotopic (exact) mass is 1940 g/mol. The zero-order valence-electron chi connectivity index (χ0n) is 71.2. The number of aliphatic hydroxyl groups is 1. The SMILES string of the molecule is C=C.C=C.C=C.C=C.C=C.C=C.C=C.C=C.C=C.C=C.C=C.C=C.C=C.C=C.C=C.C=C.C=C.C=C.C=C.C=C.CNCOCCC(COP(=O)(O)OOOOOOOP(=O)(O)OOOOOOOP(=O)(O)OCCOCCOCCOCCOCCOCCO)OP(=O)(O)OCCOOOOO/C=C\OP(=O)(O)OCCOOOOO/C=C/OP(C)(=O)O. The quantitative estimate of drug-likeness (QED) is 0.00533. The number of phosphoric acid groups is 5. The van der Waals surface area contributed by atoms with Gasteiger partial charge < -0.3 is 71.9 Å². The highest BCUT2D eigenvalue weighted by atomic mass is 31.2. The number of nitrogens with one attached hydrogen (secondary N) is 1. The van der Waals surface area contributed by atoms with E-state index >= 15 is 0 Å². The molecular weight excluding hydrogens is 1800 g/mol. The van der Waals surface area contributed by atoms with Gasteiger partial charge in [-0.05, 0) is 73.9 Å². The van der Waals surface area contributed by atoms with E-state index in [-0.39, 0.29) is 66.0 Å². The first-order valence-electron chi connectivity index (χ1n) is 31.6. The number of ether oxygens (including phenoxy) is 6. The van der Waals surface area contributed by atoms with Crippen molar-refractivity contribution in [2.45, 2.75) is 12.5 Å². The maximum atomic E-state index is 12.5. The van der Waals surface area contributed by atoms with Crippen LogP contribution in [0.25, 0.3) is 0 Å². The van der Waals surface area contributed by atoms with Crippen LogP contribution < -0.4 is 5.32 Å². The number of phosphoric ester groups is 4. The largest absolute Gasteiger partial charge is 0.531 e. The topological polar surface area (TPSA) is 598 Å². The normalized spacial score (nSPS) is 12.0. The second-order valence-corrected chi connectivity index (χ2v) is 21.2. The molecule has 0 amide bonds. The summed E-state index contributed by atoms with van der Waals surface area (Å²) < 4.78 is 148. The molecule has 0 spiro atoms. The highest BCUT2D eigenvalue weighted by Crippen LogP contribution is 2.48. The van der Waals surface area contributed by atoms with Crippen LogP contribution in [-0.2, 0) is 206 Å². The minimum absolute atomic E-state index is 0.0131. The lowest BCUT2D eigenvalue weighted by atomic mass is 10.3. The van der Waals surface area contributed by atoms with E-state index in [1.165, 1.54) is 7.05 Å². The van der Waals surface area contributed by atoms with Gasteiger partial charge >= 0.3 is 46.7 Å². The van der Waals surface area contributed by atoms with Crippen LogP contribution in [-0.4, -0.2) is 180 Å². The Bertz CT molecular complexity index is 2210. The summed E-state index contributed by atoms with van der Waals surface area (Å²) in [6, 6.07) is 0. The van der Waals surface area contributed by atoms with Crippen LogP contribution in [0.3, 0.4) is 0 Å². The second kappa shape index (κ2) is 174. The van der Waals surface area contributed by atoms with Gasteiger partial charge in [-0.2, -0.15) is 0 Å². The van der Waals surface area contributed by atoms with Crippen molar-refractivity contribution < 1.29 is 241 Å². The molecular formula is C67H139NO50P6. The summed E-state index contributed by atoms with van der Waals surface area (Å²) in [5, 5.41) is 70.8. The summed E-state index contributed by atoms with van der Waals surface area (Å²) in [5.41, 5.74) is 0. The molecule has 0 aromatic carbocycles. The van der Waals surface area contributed by atoms with Gasteiger partial charge in [0.05, 0.1) is 119 Å². The van der Waals surface area contributed by atoms with Crippen molar-refractivity contribution in [2.75, 3.05) is 139 Å². The molecule has 0 bridgehead atoms. The van der Waals surface area contributed by atoms with E-state index < -0.39 is 92.5 Å². The molecule has 0 aromatic rings. The third-order valence-corrected chi connectivity index (χ3v) is 10.7. The molecule has 124 heavy (non-hydrogen) atoms. The summed E-state index contributed by atoms with van der Waals surface area (Å²) in [5.74, 6) is 0. The van der Waals surface area contributed by atoms with Crippen LogP contribution in [0, 0.1) is 0 Å². The highest BCUT2D eigenvalue weighted by Gasteiger charge is 2.32. The van der Waals surface area contributed by atoms with Crippen LogP contribution in [0.15, 0.2) is 288 Å². The average Bonchev–Trinajstić information content (AvgIpc) is 0.876. The van der Waals surface area contributed by atoms with Gasteiger partial charge in [-0.3, -0.25) is 37.7 Å². The molecule has 7 atom stereocenters. The molecule has 0 aliphatic carbocycles. The minimum Gasteiger partial charge on any atom is -0.429 e. The number of aliphatic hydroxyl groups excluding tert-OH is 1. The summed E-state index contributed by atoms with van der Waals surface area (Å²) in [4.78, 5) is 74.0. The van der Waals surface area contributed by atoms with Crippen molar-refractivity contribution in [2.24, 2.45) is 0 Å². The maximum absolute atomic E-state index is 12.5. The van der Waals surface area contributed by atoms with Gasteiger partial charge in [0.15, 0.2) is 12.5 Å². The van der Waals surface area contributed by atoms with Gasteiger partial charge in [-0.15, -0.1) is 263 Å². The molecule has 0 aliphatic heterocycles. The number of hydrogen-bond donors (Lipinski definition) is 8. The first kappa shape index (κ1) is 171. The zero-order valence-corrected chi connectivity index (χ0v) is 76.5. The predicted molar refractivity (Wildman–Crippen MR) is 461 cm³/mol. The summed E-state index contributed by atoms with van der Waals surface area (Å²) in [6.45, 7) is 119. The first-order chi connectivity index (χ1) is 60.0. The molecule has 0 saturated heterocycles. The van der Waals surface area contributed by atoms with Crippen LogP contribution in [0.1, 0.15) is 6.42 Å². The fourth-order valence-electron chi connectivity index (χ4n) is 3.43. The smallest absolute Gasteiger partial charge is 0.429 e. The van der Waals surface area contributed by atoms with Gasteiger partial charge in [0, 0.05) is 26.8 Å². The fourth-order valence-corrected chi connectivity index (χ4v) is 6.36. The Kier molecular flexibility index (Phi) is 240. The Morgan fingerprint density at radius 3 is 0.847 bits per heavy atom. The van der Waals surface area contributed by atoms with Gasteiger partial charge in [0.1, 0.15) is 25.7 Å². The lowest BCUT2D eigenvalue weighted by molar-refractivity contribution is -0.782. The van der Waals surface area contributed by atoms with Crippen molar-refractivity contribution >= 4 is 46.7 Å². The summed E-state index contributed by atoms with van der Waals surface area (Å²) >= 11 is 0. The Hall–Kier alpha value is -6.78. The van der Waals surface area contributed by atoms with Crippen LogP contribution in [0.2, 0.25) is 0 Å². The van der Waals surface area contributed by atoms with E-state index in [1.807, 2.05) is 0 Å². The van der Waals surface area contributed by atoms with E-state index in [0.717, 1.165) is 6.66 Å².